The number of rotatable bonds is 0. The number of nitrogens with two attached hydrogens (primary N) is 1. The summed E-state index contributed by atoms with van der Waals surface area (Å²) >= 11 is 0. The van der Waals surface area contributed by atoms with Gasteiger partial charge in [-0.2, -0.15) is 4.68 Å². The molecule has 4 nitrogen and oxygen atoms in total. The summed E-state index contributed by atoms with van der Waals surface area (Å²) < 4.78 is 5.11. The van der Waals surface area contributed by atoms with Gasteiger partial charge in [-0.05, 0) is 0 Å². The van der Waals surface area contributed by atoms with E-state index >= 15 is 0 Å². The minimum atomic E-state index is -0.542. The highest BCUT2D eigenvalue weighted by molar-refractivity contribution is 4.66. The van der Waals surface area contributed by atoms with Crippen molar-refractivity contribution in [3.05, 3.63) is 23.0 Å². The topological polar surface area (TPSA) is 61.2 Å². The molecule has 0 aliphatic carbocycles. The zero-order valence-electron chi connectivity index (χ0n) is 3.50. The van der Waals surface area contributed by atoms with Gasteiger partial charge in [0.2, 0.25) is 0 Å². The summed E-state index contributed by atoms with van der Waals surface area (Å²) in [5.41, 5.74) is 0. The predicted molar refractivity (Wildman–Crippen MR) is 23.1 cm³/mol. The van der Waals surface area contributed by atoms with Gasteiger partial charge < -0.3 is 10.3 Å². The Morgan fingerprint density at radius 1 is 1.86 bits per heavy atom. The van der Waals surface area contributed by atoms with Gasteiger partial charge in [-0.15, -0.1) is 0 Å². The Labute approximate surface area is 39.1 Å². The average Bonchev–Trinajstić information content (AvgIpc) is 1.91. The molecule has 0 saturated carbocycles. The molecule has 1 rings (SSSR count). The fourth-order valence-corrected chi connectivity index (χ4v) is 0.276. The highest BCUT2D eigenvalue weighted by Gasteiger charge is 1.85. The minimum Gasteiger partial charge on any atom is -0.415 e. The van der Waals surface area contributed by atoms with Crippen molar-refractivity contribution in [3.63, 3.8) is 0 Å². The van der Waals surface area contributed by atoms with Crippen molar-refractivity contribution < 1.29 is 4.42 Å². The number of nitrogens with zero attached hydrogens (tertiary/aromatic N) is 1. The van der Waals surface area contributed by atoms with Crippen molar-refractivity contribution in [1.29, 1.82) is 0 Å². The third-order valence-electron chi connectivity index (χ3n) is 0.601. The molecular formula is C3H4N2O2. The first-order chi connectivity index (χ1) is 3.30. The Hall–Kier alpha value is -1.19. The maximum Gasteiger partial charge on any atom is 0.437 e. The molecule has 1 aromatic rings. The summed E-state index contributed by atoms with van der Waals surface area (Å²) in [4.78, 5) is 10.1. The Kier molecular flexibility index (Phi) is 0.651. The molecule has 0 unspecified atom stereocenters. The van der Waals surface area contributed by atoms with Crippen molar-refractivity contribution in [1.82, 2.24) is 4.68 Å². The minimum absolute atomic E-state index is 0.542. The summed E-state index contributed by atoms with van der Waals surface area (Å²) in [6, 6.07) is 0. The maximum absolute atomic E-state index is 10.1. The van der Waals surface area contributed by atoms with Crippen molar-refractivity contribution in [2.24, 2.45) is 0 Å². The van der Waals surface area contributed by atoms with E-state index in [4.69, 9.17) is 5.84 Å². The molecule has 0 bridgehead atoms. The lowest BCUT2D eigenvalue weighted by atomic mass is 11.0. The van der Waals surface area contributed by atoms with E-state index < -0.39 is 5.76 Å². The van der Waals surface area contributed by atoms with Crippen LogP contribution in [0.4, 0.5) is 0 Å². The van der Waals surface area contributed by atoms with E-state index in [0.29, 0.717) is 0 Å². The van der Waals surface area contributed by atoms with Gasteiger partial charge in [0.25, 0.3) is 0 Å². The highest BCUT2D eigenvalue weighted by Crippen LogP contribution is 1.68. The lowest BCUT2D eigenvalue weighted by molar-refractivity contribution is 0.500. The molecule has 0 aliphatic rings. The van der Waals surface area contributed by atoms with E-state index in [2.05, 4.69) is 4.42 Å². The molecule has 0 radical (unpaired) electrons. The van der Waals surface area contributed by atoms with Gasteiger partial charge in [0, 0.05) is 0 Å². The highest BCUT2D eigenvalue weighted by atomic mass is 16.4. The molecule has 0 aliphatic heterocycles. The first-order valence-electron chi connectivity index (χ1n) is 1.72. The van der Waals surface area contributed by atoms with Gasteiger partial charge in [0.05, 0.1) is 6.20 Å². The first-order valence-corrected chi connectivity index (χ1v) is 1.72. The van der Waals surface area contributed by atoms with Crippen LogP contribution in [0.15, 0.2) is 21.7 Å². The van der Waals surface area contributed by atoms with Gasteiger partial charge >= 0.3 is 5.76 Å². The molecule has 0 amide bonds. The van der Waals surface area contributed by atoms with Crippen LogP contribution in [0.1, 0.15) is 0 Å². The largest absolute Gasteiger partial charge is 0.437 e. The number of aromatic nitrogens is 1. The molecule has 1 aromatic heterocycles. The van der Waals surface area contributed by atoms with Gasteiger partial charge in [-0.25, -0.2) is 4.79 Å². The van der Waals surface area contributed by atoms with Crippen molar-refractivity contribution >= 4 is 0 Å². The third kappa shape index (κ3) is 0.489. The molecule has 0 saturated heterocycles. The van der Waals surface area contributed by atoms with Crippen LogP contribution in [0.25, 0.3) is 0 Å². The summed E-state index contributed by atoms with van der Waals surface area (Å²) in [7, 11) is 0. The number of oxazole rings is 1. The molecule has 0 fully saturated rings. The second-order valence-corrected chi connectivity index (χ2v) is 1.08. The van der Waals surface area contributed by atoms with Crippen LogP contribution in [-0.4, -0.2) is 4.68 Å². The summed E-state index contributed by atoms with van der Waals surface area (Å²) in [5.74, 6) is 4.41. The smallest absolute Gasteiger partial charge is 0.415 e. The molecule has 0 atom stereocenters. The van der Waals surface area contributed by atoms with Crippen LogP contribution < -0.4 is 11.6 Å². The van der Waals surface area contributed by atoms with E-state index in [1.165, 1.54) is 12.5 Å². The van der Waals surface area contributed by atoms with E-state index in [1.54, 1.807) is 0 Å². The van der Waals surface area contributed by atoms with Crippen molar-refractivity contribution in [2.45, 2.75) is 0 Å². The van der Waals surface area contributed by atoms with Crippen LogP contribution in [0.3, 0.4) is 0 Å². The van der Waals surface area contributed by atoms with Crippen LogP contribution in [0.5, 0.6) is 0 Å². The van der Waals surface area contributed by atoms with E-state index in [0.717, 1.165) is 4.68 Å². The summed E-state index contributed by atoms with van der Waals surface area (Å²) in [6.07, 6.45) is 2.56. The van der Waals surface area contributed by atoms with Gasteiger partial charge in [-0.1, -0.05) is 0 Å². The predicted octanol–water partition coefficient (Wildman–Crippen LogP) is -0.845. The zero-order valence-corrected chi connectivity index (χ0v) is 3.50. The van der Waals surface area contributed by atoms with Crippen molar-refractivity contribution in [2.75, 3.05) is 5.84 Å². The SMILES string of the molecule is Nn1ccoc1=O. The quantitative estimate of drug-likeness (QED) is 0.432. The van der Waals surface area contributed by atoms with E-state index in [-0.39, 0.29) is 0 Å². The molecule has 7 heavy (non-hydrogen) atoms. The Morgan fingerprint density at radius 3 is 2.71 bits per heavy atom. The molecule has 4 heteroatoms. The Bertz CT molecular complexity index is 199. The zero-order chi connectivity index (χ0) is 5.28. The average molecular weight is 100 g/mol. The maximum atomic E-state index is 10.1. The van der Waals surface area contributed by atoms with E-state index in [1.807, 2.05) is 0 Å². The second kappa shape index (κ2) is 1.14. The lowest BCUT2D eigenvalue weighted by Gasteiger charge is -1.76. The molecular weight excluding hydrogens is 96.0 g/mol. The fraction of sp³-hybridized carbons (Fsp3) is 0. The Morgan fingerprint density at radius 2 is 2.57 bits per heavy atom. The molecule has 0 spiro atoms. The molecule has 0 aromatic carbocycles. The normalized spacial score (nSPS) is 9.14. The monoisotopic (exact) mass is 100 g/mol. The first kappa shape index (κ1) is 3.98. The number of hydrogen-bond acceptors (Lipinski definition) is 3. The van der Waals surface area contributed by atoms with Crippen LogP contribution in [-0.2, 0) is 0 Å². The summed E-state index contributed by atoms with van der Waals surface area (Å²) in [6.45, 7) is 0. The number of nitrogen functional groups attached to an aromatic ring is 1. The van der Waals surface area contributed by atoms with Gasteiger partial charge in [0.15, 0.2) is 0 Å². The van der Waals surface area contributed by atoms with Crippen LogP contribution >= 0.6 is 0 Å². The van der Waals surface area contributed by atoms with Gasteiger partial charge in [-0.3, -0.25) is 0 Å². The fourth-order valence-electron chi connectivity index (χ4n) is 0.276. The van der Waals surface area contributed by atoms with Crippen LogP contribution in [0, 0.1) is 0 Å². The summed E-state index contributed by atoms with van der Waals surface area (Å²) in [5, 5.41) is 0. The van der Waals surface area contributed by atoms with Crippen LogP contribution in [0.2, 0.25) is 0 Å². The Balaban J connectivity index is 3.39. The molecule has 38 valence electrons. The third-order valence-corrected chi connectivity index (χ3v) is 0.601. The standard InChI is InChI=1S/C3H4N2O2/c4-5-1-2-7-3(5)6/h1-2H,4H2. The number of hydrogen-bond donors (Lipinski definition) is 1. The lowest BCUT2D eigenvalue weighted by Crippen LogP contribution is -2.20. The van der Waals surface area contributed by atoms with Gasteiger partial charge in [0.1, 0.15) is 6.26 Å². The van der Waals surface area contributed by atoms with E-state index in [9.17, 15) is 4.79 Å². The molecule has 1 heterocycles. The van der Waals surface area contributed by atoms with Crippen molar-refractivity contribution in [3.8, 4) is 0 Å². The molecule has 2 N–H and O–H groups in total. The second-order valence-electron chi connectivity index (χ2n) is 1.08.